The van der Waals surface area contributed by atoms with Gasteiger partial charge < -0.3 is 9.84 Å². The third-order valence-electron chi connectivity index (χ3n) is 2.83. The van der Waals surface area contributed by atoms with Crippen LogP contribution in [0.4, 0.5) is 18.9 Å². The molecule has 2 aromatic heterocycles. The number of halogens is 3. The van der Waals surface area contributed by atoms with Gasteiger partial charge in [-0.15, -0.1) is 0 Å². The van der Waals surface area contributed by atoms with E-state index in [0.29, 0.717) is 16.8 Å². The van der Waals surface area contributed by atoms with Crippen LogP contribution >= 0.6 is 0 Å². The molecular weight excluding hydrogens is 315 g/mol. The number of alkyl halides is 3. The molecular formula is C13H8F3N5O2. The van der Waals surface area contributed by atoms with Crippen molar-refractivity contribution >= 4 is 11.6 Å². The van der Waals surface area contributed by atoms with Gasteiger partial charge in [0, 0.05) is 17.3 Å². The van der Waals surface area contributed by atoms with Gasteiger partial charge in [-0.05, 0) is 12.1 Å². The number of nitrogens with one attached hydrogen (secondary N) is 2. The van der Waals surface area contributed by atoms with Gasteiger partial charge in [0.1, 0.15) is 0 Å². The van der Waals surface area contributed by atoms with Gasteiger partial charge in [0.25, 0.3) is 5.91 Å². The Bertz CT molecular complexity index is 809. The maximum absolute atomic E-state index is 12.4. The number of carbonyl (C=O) groups excluding carboxylic acids is 1. The lowest BCUT2D eigenvalue weighted by molar-refractivity contribution is -0.159. The number of benzene rings is 1. The van der Waals surface area contributed by atoms with Crippen molar-refractivity contribution in [3.05, 3.63) is 48.1 Å². The Hall–Kier alpha value is -3.17. The zero-order chi connectivity index (χ0) is 16.4. The third-order valence-corrected chi connectivity index (χ3v) is 2.83. The van der Waals surface area contributed by atoms with E-state index in [4.69, 9.17) is 0 Å². The first-order valence-electron chi connectivity index (χ1n) is 6.25. The van der Waals surface area contributed by atoms with Gasteiger partial charge in [-0.1, -0.05) is 17.3 Å². The van der Waals surface area contributed by atoms with Crippen molar-refractivity contribution in [3.8, 4) is 11.4 Å². The van der Waals surface area contributed by atoms with Crippen molar-refractivity contribution in [2.75, 3.05) is 5.32 Å². The van der Waals surface area contributed by atoms with E-state index in [-0.39, 0.29) is 11.7 Å². The van der Waals surface area contributed by atoms with Crippen molar-refractivity contribution in [2.45, 2.75) is 6.18 Å². The third kappa shape index (κ3) is 3.20. The zero-order valence-electron chi connectivity index (χ0n) is 11.3. The van der Waals surface area contributed by atoms with Crippen LogP contribution in [0.15, 0.2) is 41.2 Å². The van der Waals surface area contributed by atoms with Crippen molar-refractivity contribution in [1.29, 1.82) is 0 Å². The molecule has 0 aliphatic carbocycles. The van der Waals surface area contributed by atoms with E-state index in [9.17, 15) is 18.0 Å². The van der Waals surface area contributed by atoms with E-state index in [1.165, 1.54) is 36.7 Å². The molecule has 0 spiro atoms. The summed E-state index contributed by atoms with van der Waals surface area (Å²) in [7, 11) is 0. The summed E-state index contributed by atoms with van der Waals surface area (Å²) < 4.78 is 41.4. The normalized spacial score (nSPS) is 11.4. The minimum absolute atomic E-state index is 0.209. The number of anilines is 1. The predicted octanol–water partition coefficient (Wildman–Crippen LogP) is 2.73. The summed E-state index contributed by atoms with van der Waals surface area (Å²) >= 11 is 0. The molecule has 2 N–H and O–H groups in total. The minimum atomic E-state index is -4.70. The number of amides is 1. The van der Waals surface area contributed by atoms with E-state index in [0.717, 1.165) is 0 Å². The van der Waals surface area contributed by atoms with Crippen LogP contribution in [0.25, 0.3) is 11.4 Å². The van der Waals surface area contributed by atoms with E-state index < -0.39 is 12.1 Å². The summed E-state index contributed by atoms with van der Waals surface area (Å²) in [6.07, 6.45) is -1.76. The summed E-state index contributed by atoms with van der Waals surface area (Å²) in [6.45, 7) is 0. The number of aromatic nitrogens is 4. The van der Waals surface area contributed by atoms with Crippen LogP contribution in [0.5, 0.6) is 0 Å². The molecule has 0 fully saturated rings. The molecule has 0 saturated heterocycles. The maximum Gasteiger partial charge on any atom is 0.471 e. The van der Waals surface area contributed by atoms with Gasteiger partial charge in [-0.3, -0.25) is 9.89 Å². The lowest BCUT2D eigenvalue weighted by Crippen LogP contribution is -2.11. The van der Waals surface area contributed by atoms with Gasteiger partial charge in [-0.25, -0.2) is 0 Å². The van der Waals surface area contributed by atoms with Crippen LogP contribution in [0, 0.1) is 0 Å². The zero-order valence-corrected chi connectivity index (χ0v) is 11.3. The first kappa shape index (κ1) is 14.8. The Balaban J connectivity index is 1.76. The highest BCUT2D eigenvalue weighted by atomic mass is 19.4. The molecule has 0 aliphatic rings. The molecule has 7 nitrogen and oxygen atoms in total. The molecule has 3 aromatic rings. The Morgan fingerprint density at radius 1 is 1.22 bits per heavy atom. The molecule has 1 aromatic carbocycles. The Morgan fingerprint density at radius 3 is 2.52 bits per heavy atom. The predicted molar refractivity (Wildman–Crippen MR) is 71.3 cm³/mol. The summed E-state index contributed by atoms with van der Waals surface area (Å²) in [4.78, 5) is 15.2. The van der Waals surface area contributed by atoms with Crippen molar-refractivity contribution in [3.63, 3.8) is 0 Å². The Labute approximate surface area is 126 Å². The van der Waals surface area contributed by atoms with Crippen LogP contribution in [0.1, 0.15) is 16.2 Å². The van der Waals surface area contributed by atoms with Crippen LogP contribution in [0.2, 0.25) is 0 Å². The second-order valence-corrected chi connectivity index (χ2v) is 4.44. The van der Waals surface area contributed by atoms with E-state index in [2.05, 4.69) is 30.2 Å². The SMILES string of the molecule is O=C(Nc1cn[nH]c1)c1ccc(-c2noc(C(F)(F)F)n2)cc1. The van der Waals surface area contributed by atoms with Crippen molar-refractivity contribution < 1.29 is 22.5 Å². The van der Waals surface area contributed by atoms with Crippen LogP contribution in [-0.4, -0.2) is 26.2 Å². The van der Waals surface area contributed by atoms with Crippen LogP contribution < -0.4 is 5.32 Å². The number of nitrogens with zero attached hydrogens (tertiary/aromatic N) is 3. The standard InChI is InChI=1S/C13H8F3N5O2/c14-13(15,16)12-20-10(21-23-12)7-1-3-8(4-2-7)11(22)19-9-5-17-18-6-9/h1-6H,(H,17,18)(H,19,22). The maximum atomic E-state index is 12.4. The second-order valence-electron chi connectivity index (χ2n) is 4.44. The molecule has 0 atom stereocenters. The summed E-state index contributed by atoms with van der Waals surface area (Å²) in [6, 6.07) is 5.73. The lowest BCUT2D eigenvalue weighted by atomic mass is 10.1. The number of hydrogen-bond acceptors (Lipinski definition) is 5. The van der Waals surface area contributed by atoms with E-state index >= 15 is 0 Å². The highest BCUT2D eigenvalue weighted by Gasteiger charge is 2.38. The smallest absolute Gasteiger partial charge is 0.329 e. The molecule has 23 heavy (non-hydrogen) atoms. The Kier molecular flexibility index (Phi) is 3.56. The second kappa shape index (κ2) is 5.55. The van der Waals surface area contributed by atoms with E-state index in [1.807, 2.05) is 0 Å². The summed E-state index contributed by atoms with van der Waals surface area (Å²) in [5.41, 5.74) is 1.10. The first-order chi connectivity index (χ1) is 10.9. The number of aromatic amines is 1. The van der Waals surface area contributed by atoms with Gasteiger partial charge >= 0.3 is 12.1 Å². The molecule has 0 unspecified atom stereocenters. The van der Waals surface area contributed by atoms with Gasteiger partial charge in [0.15, 0.2) is 0 Å². The monoisotopic (exact) mass is 323 g/mol. The van der Waals surface area contributed by atoms with Crippen LogP contribution in [-0.2, 0) is 6.18 Å². The quantitative estimate of drug-likeness (QED) is 0.772. The van der Waals surface area contributed by atoms with Gasteiger partial charge in [0.2, 0.25) is 5.82 Å². The highest BCUT2D eigenvalue weighted by Crippen LogP contribution is 2.29. The fourth-order valence-corrected chi connectivity index (χ4v) is 1.75. The largest absolute Gasteiger partial charge is 0.471 e. The first-order valence-corrected chi connectivity index (χ1v) is 6.25. The molecule has 10 heteroatoms. The summed E-state index contributed by atoms with van der Waals surface area (Å²) in [5.74, 6) is -2.02. The molecule has 0 radical (unpaired) electrons. The fourth-order valence-electron chi connectivity index (χ4n) is 1.75. The molecule has 2 heterocycles. The Morgan fingerprint density at radius 2 is 1.96 bits per heavy atom. The van der Waals surface area contributed by atoms with Gasteiger partial charge in [-0.2, -0.15) is 23.3 Å². The average molecular weight is 323 g/mol. The topological polar surface area (TPSA) is 96.7 Å². The number of carbonyl (C=O) groups is 1. The fraction of sp³-hybridized carbons (Fsp3) is 0.0769. The molecule has 3 rings (SSSR count). The average Bonchev–Trinajstić information content (AvgIpc) is 3.18. The molecule has 0 bridgehead atoms. The molecule has 0 saturated carbocycles. The lowest BCUT2D eigenvalue weighted by Gasteiger charge is -2.02. The van der Waals surface area contributed by atoms with Crippen molar-refractivity contribution in [1.82, 2.24) is 20.3 Å². The molecule has 0 aliphatic heterocycles. The highest BCUT2D eigenvalue weighted by molar-refractivity contribution is 6.04. The van der Waals surface area contributed by atoms with Crippen LogP contribution in [0.3, 0.4) is 0 Å². The number of hydrogen-bond donors (Lipinski definition) is 2. The number of rotatable bonds is 3. The molecule has 1 amide bonds. The molecule has 118 valence electrons. The van der Waals surface area contributed by atoms with E-state index in [1.54, 1.807) is 0 Å². The van der Waals surface area contributed by atoms with Crippen molar-refractivity contribution in [2.24, 2.45) is 0 Å². The summed E-state index contributed by atoms with van der Waals surface area (Å²) in [5, 5.41) is 12.1. The number of H-pyrrole nitrogens is 1. The van der Waals surface area contributed by atoms with Gasteiger partial charge in [0.05, 0.1) is 11.9 Å². The minimum Gasteiger partial charge on any atom is -0.329 e.